The fraction of sp³-hybridized carbons (Fsp3) is 0.909. The first-order valence-electron chi connectivity index (χ1n) is 6.22. The minimum Gasteiger partial charge on any atom is -0.341 e. The molecule has 2 rings (SSSR count). The molecule has 0 radical (unpaired) electrons. The third kappa shape index (κ3) is 3.42. The summed E-state index contributed by atoms with van der Waals surface area (Å²) in [5, 5.41) is 0. The second-order valence-corrected chi connectivity index (χ2v) is 6.92. The molecule has 1 aliphatic carbocycles. The summed E-state index contributed by atoms with van der Waals surface area (Å²) in [6.45, 7) is 1.31. The van der Waals surface area contributed by atoms with E-state index in [9.17, 15) is 13.2 Å². The maximum atomic E-state index is 12.0. The van der Waals surface area contributed by atoms with Gasteiger partial charge in [0.1, 0.15) is 0 Å². The zero-order valence-corrected chi connectivity index (χ0v) is 11.0. The van der Waals surface area contributed by atoms with Crippen molar-refractivity contribution >= 4 is 15.9 Å². The van der Waals surface area contributed by atoms with Crippen molar-refractivity contribution in [1.29, 1.82) is 0 Å². The van der Waals surface area contributed by atoms with Crippen LogP contribution in [0.1, 0.15) is 32.1 Å². The maximum Gasteiger partial charge on any atom is 0.225 e. The van der Waals surface area contributed by atoms with E-state index in [0.717, 1.165) is 38.6 Å². The van der Waals surface area contributed by atoms with Gasteiger partial charge in [0.05, 0.1) is 6.26 Å². The smallest absolute Gasteiger partial charge is 0.225 e. The number of nitrogens with one attached hydrogen (secondary N) is 1. The Morgan fingerprint density at radius 1 is 1.24 bits per heavy atom. The number of sulfonamides is 1. The molecule has 0 unspecified atom stereocenters. The molecule has 5 nitrogen and oxygen atoms in total. The van der Waals surface area contributed by atoms with Gasteiger partial charge in [0.2, 0.25) is 15.9 Å². The maximum absolute atomic E-state index is 12.0. The molecule has 1 atom stereocenters. The summed E-state index contributed by atoms with van der Waals surface area (Å²) in [6.07, 6.45) is 6.02. The zero-order chi connectivity index (χ0) is 12.5. The highest BCUT2D eigenvalue weighted by molar-refractivity contribution is 7.88. The average molecular weight is 260 g/mol. The van der Waals surface area contributed by atoms with E-state index in [1.54, 1.807) is 0 Å². The molecule has 0 aromatic heterocycles. The van der Waals surface area contributed by atoms with Gasteiger partial charge in [-0.15, -0.1) is 0 Å². The van der Waals surface area contributed by atoms with Gasteiger partial charge in [-0.25, -0.2) is 13.1 Å². The fourth-order valence-electron chi connectivity index (χ4n) is 2.49. The third-order valence-corrected chi connectivity index (χ3v) is 4.33. The highest BCUT2D eigenvalue weighted by atomic mass is 32.2. The zero-order valence-electron chi connectivity index (χ0n) is 10.2. The van der Waals surface area contributed by atoms with Gasteiger partial charge >= 0.3 is 0 Å². The molecule has 6 heteroatoms. The van der Waals surface area contributed by atoms with Crippen LogP contribution in [0.2, 0.25) is 0 Å². The molecule has 98 valence electrons. The molecule has 2 aliphatic rings. The van der Waals surface area contributed by atoms with Crippen molar-refractivity contribution in [1.82, 2.24) is 9.62 Å². The number of piperidine rings is 1. The summed E-state index contributed by atoms with van der Waals surface area (Å²) in [7, 11) is -3.17. The predicted octanol–water partition coefficient (Wildman–Crippen LogP) is 0.327. The SMILES string of the molecule is CS(=O)(=O)N[C@H]1CCCN(C(=O)C2CCC2)C1. The van der Waals surface area contributed by atoms with Crippen LogP contribution < -0.4 is 4.72 Å². The summed E-state index contributed by atoms with van der Waals surface area (Å²) in [5.74, 6) is 0.420. The molecule has 0 aromatic carbocycles. The van der Waals surface area contributed by atoms with E-state index in [1.165, 1.54) is 6.26 Å². The van der Waals surface area contributed by atoms with Crippen LogP contribution in [0.3, 0.4) is 0 Å². The molecule has 1 heterocycles. The minimum atomic E-state index is -3.17. The summed E-state index contributed by atoms with van der Waals surface area (Å²) in [5.41, 5.74) is 0. The first-order chi connectivity index (χ1) is 7.96. The van der Waals surface area contributed by atoms with Crippen LogP contribution in [0, 0.1) is 5.92 Å². The topological polar surface area (TPSA) is 66.5 Å². The Morgan fingerprint density at radius 3 is 2.47 bits per heavy atom. The van der Waals surface area contributed by atoms with Gasteiger partial charge in [-0.3, -0.25) is 4.79 Å². The van der Waals surface area contributed by atoms with Gasteiger partial charge < -0.3 is 4.90 Å². The number of likely N-dealkylation sites (tertiary alicyclic amines) is 1. The average Bonchev–Trinajstić information content (AvgIpc) is 2.12. The second kappa shape index (κ2) is 4.94. The molecule has 17 heavy (non-hydrogen) atoms. The van der Waals surface area contributed by atoms with Crippen molar-refractivity contribution in [2.24, 2.45) is 5.92 Å². The number of carbonyl (C=O) groups excluding carboxylic acids is 1. The summed E-state index contributed by atoms with van der Waals surface area (Å²) < 4.78 is 24.9. The minimum absolute atomic E-state index is 0.109. The Balaban J connectivity index is 1.90. The van der Waals surface area contributed by atoms with E-state index in [-0.39, 0.29) is 17.9 Å². The molecule has 0 spiro atoms. The normalized spacial score (nSPS) is 26.6. The number of amides is 1. The summed E-state index contributed by atoms with van der Waals surface area (Å²) >= 11 is 0. The molecule has 1 saturated heterocycles. The fourth-order valence-corrected chi connectivity index (χ4v) is 3.29. The Kier molecular flexibility index (Phi) is 3.73. The second-order valence-electron chi connectivity index (χ2n) is 5.14. The van der Waals surface area contributed by atoms with E-state index >= 15 is 0 Å². The van der Waals surface area contributed by atoms with Crippen LogP contribution in [-0.4, -0.2) is 44.6 Å². The van der Waals surface area contributed by atoms with Crippen LogP contribution >= 0.6 is 0 Å². The highest BCUT2D eigenvalue weighted by Crippen LogP contribution is 2.29. The molecule has 1 aliphatic heterocycles. The van der Waals surface area contributed by atoms with Gasteiger partial charge in [0.15, 0.2) is 0 Å². The number of carbonyl (C=O) groups is 1. The molecule has 0 aromatic rings. The monoisotopic (exact) mass is 260 g/mol. The molecule has 2 fully saturated rings. The lowest BCUT2D eigenvalue weighted by Gasteiger charge is -2.37. The molecule has 0 bridgehead atoms. The first kappa shape index (κ1) is 12.8. The van der Waals surface area contributed by atoms with E-state index in [1.807, 2.05) is 4.90 Å². The predicted molar refractivity (Wildman–Crippen MR) is 64.9 cm³/mol. The van der Waals surface area contributed by atoms with Crippen LogP contribution in [0.15, 0.2) is 0 Å². The van der Waals surface area contributed by atoms with E-state index < -0.39 is 10.0 Å². The van der Waals surface area contributed by atoms with Crippen molar-refractivity contribution in [2.45, 2.75) is 38.1 Å². The van der Waals surface area contributed by atoms with Crippen LogP contribution in [0.25, 0.3) is 0 Å². The first-order valence-corrected chi connectivity index (χ1v) is 8.11. The molecule has 1 N–H and O–H groups in total. The van der Waals surface area contributed by atoms with Crippen molar-refractivity contribution in [2.75, 3.05) is 19.3 Å². The summed E-state index contributed by atoms with van der Waals surface area (Å²) in [4.78, 5) is 13.9. The highest BCUT2D eigenvalue weighted by Gasteiger charge is 2.32. The lowest BCUT2D eigenvalue weighted by Crippen LogP contribution is -2.51. The van der Waals surface area contributed by atoms with Gasteiger partial charge in [0, 0.05) is 25.0 Å². The molecular weight excluding hydrogens is 240 g/mol. The van der Waals surface area contributed by atoms with Gasteiger partial charge in [0.25, 0.3) is 0 Å². The van der Waals surface area contributed by atoms with E-state index in [2.05, 4.69) is 4.72 Å². The number of nitrogens with zero attached hydrogens (tertiary/aromatic N) is 1. The molecular formula is C11H20N2O3S. The van der Waals surface area contributed by atoms with Crippen molar-refractivity contribution in [3.8, 4) is 0 Å². The Bertz CT molecular complexity index is 390. The molecule has 1 amide bonds. The Hall–Kier alpha value is -0.620. The number of hydrogen-bond acceptors (Lipinski definition) is 3. The number of hydrogen-bond donors (Lipinski definition) is 1. The Morgan fingerprint density at radius 2 is 1.94 bits per heavy atom. The lowest BCUT2D eigenvalue weighted by atomic mass is 9.84. The van der Waals surface area contributed by atoms with Crippen molar-refractivity contribution in [3.05, 3.63) is 0 Å². The van der Waals surface area contributed by atoms with E-state index in [4.69, 9.17) is 0 Å². The quantitative estimate of drug-likeness (QED) is 0.795. The largest absolute Gasteiger partial charge is 0.341 e. The van der Waals surface area contributed by atoms with Crippen molar-refractivity contribution < 1.29 is 13.2 Å². The summed E-state index contributed by atoms with van der Waals surface area (Å²) in [6, 6.07) is -0.109. The lowest BCUT2D eigenvalue weighted by molar-refractivity contribution is -0.139. The van der Waals surface area contributed by atoms with Crippen LogP contribution in [-0.2, 0) is 14.8 Å². The third-order valence-electron chi connectivity index (χ3n) is 3.57. The van der Waals surface area contributed by atoms with Gasteiger partial charge in [-0.05, 0) is 25.7 Å². The van der Waals surface area contributed by atoms with Gasteiger partial charge in [-0.1, -0.05) is 6.42 Å². The van der Waals surface area contributed by atoms with Crippen LogP contribution in [0.5, 0.6) is 0 Å². The van der Waals surface area contributed by atoms with Crippen LogP contribution in [0.4, 0.5) is 0 Å². The standard InChI is InChI=1S/C11H20N2O3S/c1-17(15,16)12-10-6-3-7-13(8-10)11(14)9-4-2-5-9/h9-10,12H,2-8H2,1H3/t10-/m0/s1. The van der Waals surface area contributed by atoms with Crippen molar-refractivity contribution in [3.63, 3.8) is 0 Å². The molecule has 1 saturated carbocycles. The van der Waals surface area contributed by atoms with Gasteiger partial charge in [-0.2, -0.15) is 0 Å². The Labute approximate surface area is 103 Å². The van der Waals surface area contributed by atoms with E-state index in [0.29, 0.717) is 6.54 Å². The number of rotatable bonds is 3.